The summed E-state index contributed by atoms with van der Waals surface area (Å²) in [4.78, 5) is 27.8. The van der Waals surface area contributed by atoms with E-state index in [-0.39, 0.29) is 11.4 Å². The summed E-state index contributed by atoms with van der Waals surface area (Å²) in [6, 6.07) is 20.5. The summed E-state index contributed by atoms with van der Waals surface area (Å²) in [5.74, 6) is 0.622. The van der Waals surface area contributed by atoms with Crippen LogP contribution in [-0.4, -0.2) is 15.8 Å². The number of carbonyl (C=O) groups is 1. The number of hydrogen-bond donors (Lipinski definition) is 1. The minimum atomic E-state index is -0.469. The molecule has 0 aliphatic rings. The van der Waals surface area contributed by atoms with Crippen LogP contribution >= 0.6 is 0 Å². The van der Waals surface area contributed by atoms with Crippen molar-refractivity contribution < 1.29 is 18.6 Å². The van der Waals surface area contributed by atoms with E-state index in [9.17, 15) is 14.9 Å². The molecular formula is C26H19N3O5. The van der Waals surface area contributed by atoms with Gasteiger partial charge in [0.2, 0.25) is 5.89 Å². The molecule has 8 heteroatoms. The van der Waals surface area contributed by atoms with Crippen LogP contribution in [-0.2, 0) is 0 Å². The number of nitro benzene ring substituents is 1. The fraction of sp³-hybridized carbons (Fsp3) is 0.0769. The number of fused-ring (bicyclic) bond motifs is 1. The molecule has 168 valence electrons. The highest BCUT2D eigenvalue weighted by atomic mass is 16.6. The highest BCUT2D eigenvalue weighted by molar-refractivity contribution is 6.03. The first kappa shape index (κ1) is 21.1. The number of nitrogens with zero attached hydrogens (tertiary/aromatic N) is 2. The van der Waals surface area contributed by atoms with Crippen molar-refractivity contribution in [2.24, 2.45) is 0 Å². The summed E-state index contributed by atoms with van der Waals surface area (Å²) in [6.07, 6.45) is 0. The fourth-order valence-electron chi connectivity index (χ4n) is 3.70. The predicted octanol–water partition coefficient (Wildman–Crippen LogP) is 6.53. The molecule has 0 saturated heterocycles. The van der Waals surface area contributed by atoms with Crippen molar-refractivity contribution in [1.29, 1.82) is 0 Å². The van der Waals surface area contributed by atoms with E-state index in [2.05, 4.69) is 10.3 Å². The zero-order valence-corrected chi connectivity index (χ0v) is 18.4. The van der Waals surface area contributed by atoms with Gasteiger partial charge in [-0.2, -0.15) is 0 Å². The maximum absolute atomic E-state index is 12.8. The van der Waals surface area contributed by atoms with Crippen molar-refractivity contribution in [2.45, 2.75) is 13.8 Å². The van der Waals surface area contributed by atoms with Gasteiger partial charge in [-0.15, -0.1) is 0 Å². The average Bonchev–Trinajstić information content (AvgIpc) is 3.48. The summed E-state index contributed by atoms with van der Waals surface area (Å²) in [5, 5.41) is 13.7. The Labute approximate surface area is 194 Å². The number of oxazole rings is 1. The van der Waals surface area contributed by atoms with Gasteiger partial charge in [-0.3, -0.25) is 14.9 Å². The van der Waals surface area contributed by atoms with Crippen LogP contribution in [0.15, 0.2) is 81.6 Å². The summed E-state index contributed by atoms with van der Waals surface area (Å²) < 4.78 is 11.6. The van der Waals surface area contributed by atoms with E-state index >= 15 is 0 Å². The van der Waals surface area contributed by atoms with Crippen LogP contribution in [0.5, 0.6) is 0 Å². The largest absolute Gasteiger partial charge is 0.451 e. The molecular weight excluding hydrogens is 434 g/mol. The van der Waals surface area contributed by atoms with E-state index in [1.54, 1.807) is 30.3 Å². The first-order valence-corrected chi connectivity index (χ1v) is 10.5. The Hall–Kier alpha value is -4.72. The van der Waals surface area contributed by atoms with Crippen LogP contribution in [0.3, 0.4) is 0 Å². The molecule has 0 aliphatic heterocycles. The van der Waals surface area contributed by atoms with Crippen molar-refractivity contribution in [1.82, 2.24) is 4.98 Å². The second-order valence-electron chi connectivity index (χ2n) is 7.89. The lowest BCUT2D eigenvalue weighted by molar-refractivity contribution is -0.384. The summed E-state index contributed by atoms with van der Waals surface area (Å²) in [5.41, 5.74) is 5.37. The third-order valence-corrected chi connectivity index (χ3v) is 5.55. The van der Waals surface area contributed by atoms with Crippen LogP contribution in [0.2, 0.25) is 0 Å². The van der Waals surface area contributed by atoms with Gasteiger partial charge < -0.3 is 14.2 Å². The molecule has 0 bridgehead atoms. The molecule has 3 aromatic carbocycles. The van der Waals surface area contributed by atoms with Gasteiger partial charge in [-0.05, 0) is 73.5 Å². The SMILES string of the molecule is Cc1ccc2oc(-c3cccc(NC(=O)c4ccc(-c5ccc([N+](=O)[O-])cc5)o4)c3C)nc2c1. The normalized spacial score (nSPS) is 11.0. The molecule has 0 radical (unpaired) electrons. The first-order chi connectivity index (χ1) is 16.4. The number of hydrogen-bond acceptors (Lipinski definition) is 6. The number of furan rings is 1. The molecule has 0 fully saturated rings. The van der Waals surface area contributed by atoms with E-state index < -0.39 is 10.8 Å². The van der Waals surface area contributed by atoms with Gasteiger partial charge in [0.15, 0.2) is 11.3 Å². The number of aryl methyl sites for hydroxylation is 1. The Morgan fingerprint density at radius 3 is 2.53 bits per heavy atom. The van der Waals surface area contributed by atoms with Crippen LogP contribution in [0.1, 0.15) is 21.7 Å². The van der Waals surface area contributed by atoms with Crippen molar-refractivity contribution in [3.8, 4) is 22.8 Å². The molecule has 0 unspecified atom stereocenters. The molecule has 8 nitrogen and oxygen atoms in total. The Balaban J connectivity index is 1.38. The van der Waals surface area contributed by atoms with E-state index in [0.717, 1.165) is 22.2 Å². The summed E-state index contributed by atoms with van der Waals surface area (Å²) in [6.45, 7) is 3.88. The second kappa shape index (κ2) is 8.32. The second-order valence-corrected chi connectivity index (χ2v) is 7.89. The molecule has 5 aromatic rings. The Morgan fingerprint density at radius 1 is 0.971 bits per heavy atom. The zero-order valence-electron chi connectivity index (χ0n) is 18.4. The highest BCUT2D eigenvalue weighted by Gasteiger charge is 2.17. The Kier molecular flexibility index (Phi) is 5.18. The van der Waals surface area contributed by atoms with Gasteiger partial charge in [0.05, 0.1) is 4.92 Å². The number of non-ortho nitro benzene ring substituents is 1. The van der Waals surface area contributed by atoms with Gasteiger partial charge in [-0.1, -0.05) is 12.1 Å². The summed E-state index contributed by atoms with van der Waals surface area (Å²) in [7, 11) is 0. The van der Waals surface area contributed by atoms with E-state index in [1.807, 2.05) is 44.2 Å². The maximum Gasteiger partial charge on any atom is 0.291 e. The average molecular weight is 453 g/mol. The standard InChI is InChI=1S/C26H19N3O5/c1-15-6-11-23-21(14-15)28-26(34-23)19-4-3-5-20(16(19)2)27-25(30)24-13-12-22(33-24)17-7-9-18(10-8-17)29(31)32/h3-14H,1-2H3,(H,27,30). The van der Waals surface area contributed by atoms with Crippen LogP contribution in [0.25, 0.3) is 33.9 Å². The van der Waals surface area contributed by atoms with Gasteiger partial charge in [0.1, 0.15) is 11.3 Å². The number of nitro groups is 1. The molecule has 0 aliphatic carbocycles. The quantitative estimate of drug-likeness (QED) is 0.239. The lowest BCUT2D eigenvalue weighted by Crippen LogP contribution is -2.12. The first-order valence-electron chi connectivity index (χ1n) is 10.5. The number of nitrogens with one attached hydrogen (secondary N) is 1. The fourth-order valence-corrected chi connectivity index (χ4v) is 3.70. The van der Waals surface area contributed by atoms with Crippen molar-refractivity contribution >= 4 is 28.4 Å². The number of amides is 1. The molecule has 1 N–H and O–H groups in total. The van der Waals surface area contributed by atoms with E-state index in [1.165, 1.54) is 12.1 Å². The molecule has 1 amide bonds. The molecule has 0 spiro atoms. The number of benzene rings is 3. The van der Waals surface area contributed by atoms with Crippen LogP contribution in [0, 0.1) is 24.0 Å². The molecule has 5 rings (SSSR count). The van der Waals surface area contributed by atoms with Gasteiger partial charge in [0.25, 0.3) is 11.6 Å². The molecule has 2 aromatic heterocycles. The number of rotatable bonds is 5. The van der Waals surface area contributed by atoms with Gasteiger partial charge in [-0.25, -0.2) is 4.98 Å². The molecule has 0 atom stereocenters. The number of anilines is 1. The molecule has 34 heavy (non-hydrogen) atoms. The van der Waals surface area contributed by atoms with Crippen molar-refractivity contribution in [3.63, 3.8) is 0 Å². The van der Waals surface area contributed by atoms with Crippen LogP contribution in [0.4, 0.5) is 11.4 Å². The third kappa shape index (κ3) is 3.93. The van der Waals surface area contributed by atoms with E-state index in [4.69, 9.17) is 8.83 Å². The topological polar surface area (TPSA) is 111 Å². The number of aromatic nitrogens is 1. The smallest absolute Gasteiger partial charge is 0.291 e. The Morgan fingerprint density at radius 2 is 1.76 bits per heavy atom. The zero-order chi connectivity index (χ0) is 23.8. The Bertz CT molecular complexity index is 1550. The molecule has 2 heterocycles. The predicted molar refractivity (Wildman–Crippen MR) is 128 cm³/mol. The third-order valence-electron chi connectivity index (χ3n) is 5.55. The van der Waals surface area contributed by atoms with Crippen molar-refractivity contribution in [2.75, 3.05) is 5.32 Å². The monoisotopic (exact) mass is 453 g/mol. The van der Waals surface area contributed by atoms with Crippen molar-refractivity contribution in [3.05, 3.63) is 99.8 Å². The minimum absolute atomic E-state index is 0.0160. The number of carbonyl (C=O) groups excluding carboxylic acids is 1. The van der Waals surface area contributed by atoms with Crippen LogP contribution < -0.4 is 5.32 Å². The highest BCUT2D eigenvalue weighted by Crippen LogP contribution is 2.31. The lowest BCUT2D eigenvalue weighted by atomic mass is 10.1. The van der Waals surface area contributed by atoms with Gasteiger partial charge >= 0.3 is 0 Å². The lowest BCUT2D eigenvalue weighted by Gasteiger charge is -2.10. The summed E-state index contributed by atoms with van der Waals surface area (Å²) >= 11 is 0. The van der Waals surface area contributed by atoms with E-state index in [0.29, 0.717) is 28.5 Å². The maximum atomic E-state index is 12.8. The van der Waals surface area contributed by atoms with Gasteiger partial charge in [0, 0.05) is 28.9 Å². The molecule has 0 saturated carbocycles. The minimum Gasteiger partial charge on any atom is -0.451 e.